The van der Waals surface area contributed by atoms with Gasteiger partial charge in [-0.15, -0.1) is 20.4 Å². The van der Waals surface area contributed by atoms with E-state index in [1.165, 1.54) is 23.1 Å². The molecule has 1 heterocycles. The second kappa shape index (κ2) is 5.98. The van der Waals surface area contributed by atoms with E-state index < -0.39 is 0 Å². The number of thioether (sulfide) groups is 1. The topological polar surface area (TPSA) is 74.0 Å². The molecule has 0 spiro atoms. The summed E-state index contributed by atoms with van der Waals surface area (Å²) in [4.78, 5) is 1.90. The maximum absolute atomic E-state index is 9.85. The summed E-state index contributed by atoms with van der Waals surface area (Å²) in [5.41, 5.74) is 1.31. The van der Waals surface area contributed by atoms with E-state index in [0.29, 0.717) is 10.8 Å². The number of rotatable bonds is 4. The number of nitrogens with zero attached hydrogens (tertiary/aromatic N) is 5. The number of benzene rings is 1. The van der Waals surface area contributed by atoms with Crippen molar-refractivity contribution in [3.05, 3.63) is 18.2 Å². The molecule has 0 amide bonds. The molecule has 2 aromatic rings. The van der Waals surface area contributed by atoms with Gasteiger partial charge in [-0.1, -0.05) is 23.1 Å². The number of aromatic hydroxyl groups is 1. The zero-order valence-corrected chi connectivity index (χ0v) is 12.4. The van der Waals surface area contributed by atoms with E-state index in [4.69, 9.17) is 0 Å². The third kappa shape index (κ3) is 3.42. The number of hydrogen-bond donors (Lipinski definition) is 1. The Morgan fingerprint density at radius 2 is 2.05 bits per heavy atom. The van der Waals surface area contributed by atoms with Crippen molar-refractivity contribution in [1.29, 1.82) is 0 Å². The zero-order chi connectivity index (χ0) is 13.8. The lowest BCUT2D eigenvalue weighted by Gasteiger charge is -2.12. The average Bonchev–Trinajstić information content (AvgIpc) is 2.85. The van der Waals surface area contributed by atoms with E-state index >= 15 is 0 Å². The summed E-state index contributed by atoms with van der Waals surface area (Å²) in [7, 11) is 3.81. The molecule has 0 radical (unpaired) electrons. The summed E-state index contributed by atoms with van der Waals surface area (Å²) in [5.74, 6) is 0.0876. The average molecular weight is 295 g/mol. The number of aromatic nitrogens is 2. The van der Waals surface area contributed by atoms with E-state index in [2.05, 4.69) is 20.4 Å². The van der Waals surface area contributed by atoms with E-state index in [0.717, 1.165) is 10.0 Å². The summed E-state index contributed by atoms with van der Waals surface area (Å²) in [6.45, 7) is 0. The van der Waals surface area contributed by atoms with Crippen molar-refractivity contribution < 1.29 is 5.11 Å². The fraction of sp³-hybridized carbons (Fsp3) is 0.273. The van der Waals surface area contributed by atoms with Crippen LogP contribution in [-0.2, 0) is 0 Å². The second-order valence-electron chi connectivity index (χ2n) is 3.82. The molecular formula is C11H13N5OS2. The molecule has 0 aliphatic heterocycles. The van der Waals surface area contributed by atoms with Gasteiger partial charge in [0.2, 0.25) is 0 Å². The number of phenolic OH excluding ortho intramolecular Hbond substituents is 1. The van der Waals surface area contributed by atoms with Gasteiger partial charge in [0, 0.05) is 25.8 Å². The lowest BCUT2D eigenvalue weighted by Crippen LogP contribution is -2.07. The van der Waals surface area contributed by atoms with Crippen LogP contribution in [0.4, 0.5) is 16.5 Å². The van der Waals surface area contributed by atoms with Gasteiger partial charge in [-0.05, 0) is 18.4 Å². The number of azo groups is 1. The molecule has 0 unspecified atom stereocenters. The third-order valence-corrected chi connectivity index (χ3v) is 4.07. The second-order valence-corrected chi connectivity index (χ2v) is 5.83. The Labute approximate surface area is 119 Å². The monoisotopic (exact) mass is 295 g/mol. The van der Waals surface area contributed by atoms with Crippen molar-refractivity contribution in [2.45, 2.75) is 4.34 Å². The van der Waals surface area contributed by atoms with Gasteiger partial charge in [0.25, 0.3) is 5.13 Å². The lowest BCUT2D eigenvalue weighted by molar-refractivity contribution is 0.476. The highest BCUT2D eigenvalue weighted by Gasteiger charge is 2.05. The SMILES string of the molecule is CSc1nnc(/N=N/c2ccc(N(C)C)cc2O)s1. The molecule has 0 atom stereocenters. The molecule has 0 saturated heterocycles. The van der Waals surface area contributed by atoms with Crippen molar-refractivity contribution in [3.8, 4) is 5.75 Å². The van der Waals surface area contributed by atoms with Crippen LogP contribution in [0, 0.1) is 0 Å². The lowest BCUT2D eigenvalue weighted by atomic mass is 10.2. The minimum absolute atomic E-state index is 0.0876. The summed E-state index contributed by atoms with van der Waals surface area (Å²) in [6.07, 6.45) is 1.92. The number of anilines is 1. The van der Waals surface area contributed by atoms with Crippen LogP contribution < -0.4 is 4.90 Å². The Kier molecular flexibility index (Phi) is 4.33. The zero-order valence-electron chi connectivity index (χ0n) is 10.7. The first-order valence-corrected chi connectivity index (χ1v) is 7.44. The van der Waals surface area contributed by atoms with Crippen molar-refractivity contribution in [3.63, 3.8) is 0 Å². The van der Waals surface area contributed by atoms with Crippen LogP contribution in [0.3, 0.4) is 0 Å². The van der Waals surface area contributed by atoms with Crippen LogP contribution in [0.15, 0.2) is 32.8 Å². The van der Waals surface area contributed by atoms with Crippen LogP contribution in [0.25, 0.3) is 0 Å². The molecule has 8 heteroatoms. The molecule has 0 bridgehead atoms. The van der Waals surface area contributed by atoms with E-state index in [-0.39, 0.29) is 5.75 Å². The highest BCUT2D eigenvalue weighted by atomic mass is 32.2. The standard InChI is InChI=1S/C11H13N5OS2/c1-16(2)7-4-5-8(9(17)6-7)12-13-10-14-15-11(18-3)19-10/h4-6,17H,1-3H3/b13-12+. The molecule has 0 aliphatic carbocycles. The molecule has 0 aliphatic rings. The Balaban J connectivity index is 2.18. The van der Waals surface area contributed by atoms with E-state index in [1.807, 2.05) is 31.3 Å². The van der Waals surface area contributed by atoms with Gasteiger partial charge in [0.15, 0.2) is 4.34 Å². The predicted molar refractivity (Wildman–Crippen MR) is 78.3 cm³/mol. The largest absolute Gasteiger partial charge is 0.506 e. The summed E-state index contributed by atoms with van der Waals surface area (Å²) >= 11 is 2.86. The molecule has 0 saturated carbocycles. The fourth-order valence-electron chi connectivity index (χ4n) is 1.30. The van der Waals surface area contributed by atoms with Gasteiger partial charge in [-0.25, -0.2) is 0 Å². The third-order valence-electron chi connectivity index (χ3n) is 2.29. The molecule has 1 aromatic heterocycles. The smallest absolute Gasteiger partial charge is 0.252 e. The van der Waals surface area contributed by atoms with Crippen LogP contribution >= 0.6 is 23.1 Å². The number of phenols is 1. The first-order chi connectivity index (χ1) is 9.10. The number of hydrogen-bond acceptors (Lipinski definition) is 8. The molecule has 6 nitrogen and oxygen atoms in total. The molecule has 19 heavy (non-hydrogen) atoms. The van der Waals surface area contributed by atoms with Crippen LogP contribution in [-0.4, -0.2) is 35.7 Å². The van der Waals surface area contributed by atoms with E-state index in [9.17, 15) is 5.11 Å². The van der Waals surface area contributed by atoms with Crippen molar-refractivity contribution in [2.75, 3.05) is 25.3 Å². The Morgan fingerprint density at radius 1 is 1.26 bits per heavy atom. The van der Waals surface area contributed by atoms with E-state index in [1.54, 1.807) is 12.1 Å². The van der Waals surface area contributed by atoms with Gasteiger partial charge >= 0.3 is 0 Å². The Morgan fingerprint density at radius 3 is 2.63 bits per heavy atom. The van der Waals surface area contributed by atoms with Gasteiger partial charge in [0.05, 0.1) is 0 Å². The van der Waals surface area contributed by atoms with Gasteiger partial charge < -0.3 is 10.0 Å². The Bertz CT molecular complexity index is 597. The van der Waals surface area contributed by atoms with Gasteiger partial charge in [-0.2, -0.15) is 0 Å². The maximum Gasteiger partial charge on any atom is 0.252 e. The quantitative estimate of drug-likeness (QED) is 0.690. The first kappa shape index (κ1) is 13.8. The molecular weight excluding hydrogens is 282 g/mol. The molecule has 0 fully saturated rings. The highest BCUT2D eigenvalue weighted by Crippen LogP contribution is 2.32. The van der Waals surface area contributed by atoms with Crippen molar-refractivity contribution >= 4 is 39.6 Å². The normalized spacial score (nSPS) is 11.1. The minimum atomic E-state index is 0.0876. The molecule has 1 aromatic carbocycles. The highest BCUT2D eigenvalue weighted by molar-refractivity contribution is 8.00. The van der Waals surface area contributed by atoms with Gasteiger partial charge in [-0.3, -0.25) is 0 Å². The van der Waals surface area contributed by atoms with Crippen molar-refractivity contribution in [1.82, 2.24) is 10.2 Å². The summed E-state index contributed by atoms with van der Waals surface area (Å²) in [6, 6.07) is 5.22. The first-order valence-electron chi connectivity index (χ1n) is 5.39. The fourth-order valence-corrected chi connectivity index (χ4v) is 2.38. The van der Waals surface area contributed by atoms with Crippen LogP contribution in [0.1, 0.15) is 0 Å². The Hall–Kier alpha value is -1.67. The maximum atomic E-state index is 9.85. The van der Waals surface area contributed by atoms with Gasteiger partial charge in [0.1, 0.15) is 11.4 Å². The molecule has 2 rings (SSSR count). The van der Waals surface area contributed by atoms with Crippen molar-refractivity contribution in [2.24, 2.45) is 10.2 Å². The predicted octanol–water partition coefficient (Wildman–Crippen LogP) is 3.45. The molecule has 100 valence electrons. The van der Waals surface area contributed by atoms with Crippen LogP contribution in [0.5, 0.6) is 5.75 Å². The summed E-state index contributed by atoms with van der Waals surface area (Å²) in [5, 5.41) is 26.1. The minimum Gasteiger partial charge on any atom is -0.506 e. The summed E-state index contributed by atoms with van der Waals surface area (Å²) < 4.78 is 0.834. The molecule has 1 N–H and O–H groups in total. The van der Waals surface area contributed by atoms with Crippen LogP contribution in [0.2, 0.25) is 0 Å².